The lowest BCUT2D eigenvalue weighted by molar-refractivity contribution is 0.593. The second-order valence-corrected chi connectivity index (χ2v) is 4.11. The summed E-state index contributed by atoms with van der Waals surface area (Å²) in [6.45, 7) is 3.18. The summed E-state index contributed by atoms with van der Waals surface area (Å²) < 4.78 is 0. The van der Waals surface area contributed by atoms with E-state index in [1.54, 1.807) is 0 Å². The van der Waals surface area contributed by atoms with Crippen LogP contribution in [-0.2, 0) is 6.54 Å². The molecule has 0 aromatic carbocycles. The van der Waals surface area contributed by atoms with Crippen LogP contribution in [0.2, 0.25) is 0 Å². The maximum Gasteiger partial charge on any atom is 0.0271 e. The Kier molecular flexibility index (Phi) is 4.11. The van der Waals surface area contributed by atoms with Crippen LogP contribution in [0, 0.1) is 0 Å². The van der Waals surface area contributed by atoms with Crippen molar-refractivity contribution in [2.45, 2.75) is 31.8 Å². The van der Waals surface area contributed by atoms with Gasteiger partial charge in [-0.3, -0.25) is 4.98 Å². The van der Waals surface area contributed by atoms with Crippen LogP contribution in [0.15, 0.2) is 24.5 Å². The first-order chi connectivity index (χ1) is 7.45. The molecule has 0 atom stereocenters. The zero-order valence-electron chi connectivity index (χ0n) is 9.08. The van der Waals surface area contributed by atoms with Crippen LogP contribution in [0.25, 0.3) is 0 Å². The first-order valence-corrected chi connectivity index (χ1v) is 5.78. The third kappa shape index (κ3) is 4.40. The zero-order chi connectivity index (χ0) is 10.3. The van der Waals surface area contributed by atoms with Crippen LogP contribution in [0.3, 0.4) is 0 Å². The molecule has 82 valence electrons. The van der Waals surface area contributed by atoms with Gasteiger partial charge in [0.05, 0.1) is 0 Å². The van der Waals surface area contributed by atoms with E-state index in [9.17, 15) is 0 Å². The first-order valence-electron chi connectivity index (χ1n) is 5.78. The van der Waals surface area contributed by atoms with Gasteiger partial charge in [0.15, 0.2) is 0 Å². The van der Waals surface area contributed by atoms with Crippen molar-refractivity contribution in [2.24, 2.45) is 0 Å². The molecule has 1 fully saturated rings. The molecule has 3 nitrogen and oxygen atoms in total. The third-order valence-electron chi connectivity index (χ3n) is 2.62. The molecule has 1 saturated carbocycles. The van der Waals surface area contributed by atoms with E-state index in [1.165, 1.54) is 24.8 Å². The molecule has 0 bridgehead atoms. The van der Waals surface area contributed by atoms with E-state index in [4.69, 9.17) is 0 Å². The predicted octanol–water partition coefficient (Wildman–Crippen LogP) is 1.31. The summed E-state index contributed by atoms with van der Waals surface area (Å²) in [5.74, 6) is 0. The summed E-state index contributed by atoms with van der Waals surface area (Å²) in [7, 11) is 0. The fraction of sp³-hybridized carbons (Fsp3) is 0.583. The van der Waals surface area contributed by atoms with Crippen molar-refractivity contribution in [3.63, 3.8) is 0 Å². The molecule has 0 radical (unpaired) electrons. The fourth-order valence-corrected chi connectivity index (χ4v) is 1.54. The summed E-state index contributed by atoms with van der Waals surface area (Å²) in [5, 5.41) is 6.93. The molecule has 0 spiro atoms. The number of aromatic nitrogens is 1. The Morgan fingerprint density at radius 3 is 2.73 bits per heavy atom. The van der Waals surface area contributed by atoms with Crippen LogP contribution in [0.1, 0.15) is 24.8 Å². The molecule has 0 amide bonds. The highest BCUT2D eigenvalue weighted by atomic mass is 14.9. The largest absolute Gasteiger partial charge is 0.314 e. The predicted molar refractivity (Wildman–Crippen MR) is 61.6 cm³/mol. The number of hydrogen-bond donors (Lipinski definition) is 2. The summed E-state index contributed by atoms with van der Waals surface area (Å²) in [5.41, 5.74) is 1.31. The van der Waals surface area contributed by atoms with Gasteiger partial charge in [-0.05, 0) is 50.0 Å². The van der Waals surface area contributed by atoms with E-state index in [2.05, 4.69) is 27.8 Å². The Morgan fingerprint density at radius 1 is 1.20 bits per heavy atom. The molecule has 1 aliphatic rings. The average molecular weight is 205 g/mol. The van der Waals surface area contributed by atoms with E-state index in [-0.39, 0.29) is 0 Å². The molecule has 1 aromatic rings. The molecule has 0 saturated heterocycles. The summed E-state index contributed by atoms with van der Waals surface area (Å²) >= 11 is 0. The Balaban J connectivity index is 1.47. The van der Waals surface area contributed by atoms with E-state index < -0.39 is 0 Å². The van der Waals surface area contributed by atoms with Gasteiger partial charge in [0.2, 0.25) is 0 Å². The highest BCUT2D eigenvalue weighted by Gasteiger charge is 2.19. The second kappa shape index (κ2) is 5.83. The monoisotopic (exact) mass is 205 g/mol. The van der Waals surface area contributed by atoms with Gasteiger partial charge in [-0.2, -0.15) is 0 Å². The van der Waals surface area contributed by atoms with E-state index in [1.807, 2.05) is 12.4 Å². The minimum Gasteiger partial charge on any atom is -0.314 e. The van der Waals surface area contributed by atoms with E-state index in [0.717, 1.165) is 25.7 Å². The van der Waals surface area contributed by atoms with Crippen molar-refractivity contribution in [1.82, 2.24) is 15.6 Å². The number of pyridine rings is 1. The van der Waals surface area contributed by atoms with Crippen LogP contribution in [-0.4, -0.2) is 24.1 Å². The van der Waals surface area contributed by atoms with Crippen molar-refractivity contribution >= 4 is 0 Å². The molecule has 0 aliphatic heterocycles. The van der Waals surface area contributed by atoms with Gasteiger partial charge < -0.3 is 10.6 Å². The van der Waals surface area contributed by atoms with Crippen LogP contribution >= 0.6 is 0 Å². The molecule has 2 N–H and O–H groups in total. The standard InChI is InChI=1S/C12H19N3/c1(7-15-12-2-3-12)6-14-10-11-4-8-13-9-5-11/h4-5,8-9,12,14-15H,1-3,6-7,10H2. The minimum absolute atomic E-state index is 0.838. The van der Waals surface area contributed by atoms with E-state index >= 15 is 0 Å². The lowest BCUT2D eigenvalue weighted by Crippen LogP contribution is -2.23. The highest BCUT2D eigenvalue weighted by Crippen LogP contribution is 2.18. The van der Waals surface area contributed by atoms with Gasteiger partial charge in [0.1, 0.15) is 0 Å². The molecule has 1 heterocycles. The summed E-state index contributed by atoms with van der Waals surface area (Å²) in [6.07, 6.45) is 7.65. The Hall–Kier alpha value is -0.930. The van der Waals surface area contributed by atoms with E-state index in [0.29, 0.717) is 0 Å². The molecule has 15 heavy (non-hydrogen) atoms. The van der Waals surface area contributed by atoms with Crippen molar-refractivity contribution in [3.8, 4) is 0 Å². The maximum absolute atomic E-state index is 3.99. The lowest BCUT2D eigenvalue weighted by atomic mass is 10.2. The lowest BCUT2D eigenvalue weighted by Gasteiger charge is -2.05. The number of nitrogens with zero attached hydrogens (tertiary/aromatic N) is 1. The topological polar surface area (TPSA) is 37.0 Å². The molecule has 1 aromatic heterocycles. The van der Waals surface area contributed by atoms with Crippen LogP contribution in [0.5, 0.6) is 0 Å². The third-order valence-corrected chi connectivity index (χ3v) is 2.62. The van der Waals surface area contributed by atoms with Crippen molar-refractivity contribution in [1.29, 1.82) is 0 Å². The van der Waals surface area contributed by atoms with Gasteiger partial charge in [-0.1, -0.05) is 0 Å². The quantitative estimate of drug-likeness (QED) is 0.659. The van der Waals surface area contributed by atoms with Gasteiger partial charge >= 0.3 is 0 Å². The van der Waals surface area contributed by atoms with Gasteiger partial charge in [0, 0.05) is 25.0 Å². The molecule has 0 unspecified atom stereocenters. The van der Waals surface area contributed by atoms with Crippen molar-refractivity contribution < 1.29 is 0 Å². The minimum atomic E-state index is 0.838. The zero-order valence-corrected chi connectivity index (χ0v) is 9.08. The Bertz CT molecular complexity index is 269. The van der Waals surface area contributed by atoms with Gasteiger partial charge in [-0.15, -0.1) is 0 Å². The van der Waals surface area contributed by atoms with Gasteiger partial charge in [0.25, 0.3) is 0 Å². The summed E-state index contributed by atoms with van der Waals surface area (Å²) in [6, 6.07) is 4.94. The SMILES string of the molecule is c1cc(CNCCCNC2CC2)ccn1. The molecular weight excluding hydrogens is 186 g/mol. The molecule has 3 heteroatoms. The van der Waals surface area contributed by atoms with Crippen molar-refractivity contribution in [3.05, 3.63) is 30.1 Å². The second-order valence-electron chi connectivity index (χ2n) is 4.11. The van der Waals surface area contributed by atoms with Crippen LogP contribution in [0.4, 0.5) is 0 Å². The normalized spacial score (nSPS) is 15.5. The number of rotatable bonds is 7. The Labute approximate surface area is 91.3 Å². The number of hydrogen-bond acceptors (Lipinski definition) is 3. The highest BCUT2D eigenvalue weighted by molar-refractivity contribution is 5.08. The number of nitrogens with one attached hydrogen (secondary N) is 2. The first kappa shape index (κ1) is 10.6. The molecule has 1 aliphatic carbocycles. The van der Waals surface area contributed by atoms with Gasteiger partial charge in [-0.25, -0.2) is 0 Å². The fourth-order valence-electron chi connectivity index (χ4n) is 1.54. The summed E-state index contributed by atoms with van der Waals surface area (Å²) in [4.78, 5) is 3.99. The maximum atomic E-state index is 3.99. The van der Waals surface area contributed by atoms with Crippen molar-refractivity contribution in [2.75, 3.05) is 13.1 Å². The Morgan fingerprint density at radius 2 is 2.00 bits per heavy atom. The average Bonchev–Trinajstić information content (AvgIpc) is 3.09. The molecular formula is C12H19N3. The van der Waals surface area contributed by atoms with Crippen LogP contribution < -0.4 is 10.6 Å². The smallest absolute Gasteiger partial charge is 0.0271 e. The molecule has 2 rings (SSSR count).